The zero-order valence-corrected chi connectivity index (χ0v) is 10.5. The van der Waals surface area contributed by atoms with Crippen molar-refractivity contribution in [2.24, 2.45) is 0 Å². The molecule has 0 aliphatic heterocycles. The Hall–Kier alpha value is -0.670. The molecular weight excluding hydrogens is 206 g/mol. The highest BCUT2D eigenvalue weighted by atomic mass is 32.2. The Labute approximate surface area is 96.4 Å². The summed E-state index contributed by atoms with van der Waals surface area (Å²) in [4.78, 5) is 1.20. The second kappa shape index (κ2) is 6.75. The summed E-state index contributed by atoms with van der Waals surface area (Å²) in [5, 5.41) is 3.39. The molecule has 0 aliphatic rings. The van der Waals surface area contributed by atoms with E-state index in [-0.39, 0.29) is 0 Å². The van der Waals surface area contributed by atoms with Crippen LogP contribution >= 0.6 is 11.8 Å². The van der Waals surface area contributed by atoms with Crippen molar-refractivity contribution in [1.82, 2.24) is 5.32 Å². The normalized spacial score (nSPS) is 10.3. The van der Waals surface area contributed by atoms with Gasteiger partial charge >= 0.3 is 0 Å². The van der Waals surface area contributed by atoms with E-state index in [9.17, 15) is 0 Å². The Balaban J connectivity index is 2.66. The summed E-state index contributed by atoms with van der Waals surface area (Å²) in [5.74, 6) is 0.960. The molecule has 1 N–H and O–H groups in total. The number of benzene rings is 1. The molecule has 0 saturated carbocycles. The van der Waals surface area contributed by atoms with E-state index >= 15 is 0 Å². The van der Waals surface area contributed by atoms with E-state index in [1.54, 1.807) is 18.9 Å². The van der Waals surface area contributed by atoms with Gasteiger partial charge in [0.15, 0.2) is 0 Å². The lowest BCUT2D eigenvalue weighted by Gasteiger charge is -2.09. The van der Waals surface area contributed by atoms with E-state index in [0.29, 0.717) is 0 Å². The lowest BCUT2D eigenvalue weighted by atomic mass is 10.2. The van der Waals surface area contributed by atoms with Gasteiger partial charge in [0.25, 0.3) is 0 Å². The van der Waals surface area contributed by atoms with E-state index in [0.717, 1.165) is 18.8 Å². The Kier molecular flexibility index (Phi) is 5.58. The molecule has 0 aliphatic carbocycles. The number of nitrogens with one attached hydrogen (secondary N) is 1. The van der Waals surface area contributed by atoms with Crippen molar-refractivity contribution >= 4 is 11.8 Å². The van der Waals surface area contributed by atoms with Crippen molar-refractivity contribution in [2.75, 3.05) is 19.9 Å². The van der Waals surface area contributed by atoms with Crippen molar-refractivity contribution in [3.63, 3.8) is 0 Å². The standard InChI is InChI=1S/C12H19NOS/c1-4-7-13-9-10-5-6-11(14-2)12(8-10)15-3/h5-6,8,13H,4,7,9H2,1-3H3. The smallest absolute Gasteiger partial charge is 0.132 e. The molecule has 0 amide bonds. The Morgan fingerprint density at radius 3 is 2.80 bits per heavy atom. The van der Waals surface area contributed by atoms with Crippen molar-refractivity contribution in [3.8, 4) is 5.75 Å². The quantitative estimate of drug-likeness (QED) is 0.594. The molecule has 0 heterocycles. The zero-order valence-electron chi connectivity index (χ0n) is 9.67. The van der Waals surface area contributed by atoms with Gasteiger partial charge in [0.2, 0.25) is 0 Å². The molecule has 0 atom stereocenters. The molecule has 0 spiro atoms. The highest BCUT2D eigenvalue weighted by Crippen LogP contribution is 2.28. The van der Waals surface area contributed by atoms with Crippen LogP contribution in [0, 0.1) is 0 Å². The first-order valence-electron chi connectivity index (χ1n) is 5.23. The minimum absolute atomic E-state index is 0.936. The van der Waals surface area contributed by atoms with Gasteiger partial charge in [-0.05, 0) is 36.9 Å². The van der Waals surface area contributed by atoms with Gasteiger partial charge in [0.1, 0.15) is 5.75 Å². The van der Waals surface area contributed by atoms with Gasteiger partial charge in [0, 0.05) is 11.4 Å². The molecule has 2 nitrogen and oxygen atoms in total. The van der Waals surface area contributed by atoms with Crippen molar-refractivity contribution < 1.29 is 4.74 Å². The summed E-state index contributed by atoms with van der Waals surface area (Å²) in [6.45, 7) is 4.18. The first-order valence-corrected chi connectivity index (χ1v) is 6.46. The van der Waals surface area contributed by atoms with Gasteiger partial charge in [0.05, 0.1) is 7.11 Å². The fourth-order valence-corrected chi connectivity index (χ4v) is 2.02. The summed E-state index contributed by atoms with van der Waals surface area (Å²) in [5.41, 5.74) is 1.31. The van der Waals surface area contributed by atoms with Crippen LogP contribution < -0.4 is 10.1 Å². The summed E-state index contributed by atoms with van der Waals surface area (Å²) in [6.07, 6.45) is 3.24. The average Bonchev–Trinajstić information content (AvgIpc) is 2.29. The third-order valence-corrected chi connectivity index (χ3v) is 2.96. The highest BCUT2D eigenvalue weighted by Gasteiger charge is 2.02. The second-order valence-electron chi connectivity index (χ2n) is 3.37. The molecule has 1 aromatic carbocycles. The highest BCUT2D eigenvalue weighted by molar-refractivity contribution is 7.98. The van der Waals surface area contributed by atoms with Crippen LogP contribution in [0.15, 0.2) is 23.1 Å². The average molecular weight is 225 g/mol. The van der Waals surface area contributed by atoms with Crippen LogP contribution in [-0.4, -0.2) is 19.9 Å². The third-order valence-electron chi connectivity index (χ3n) is 2.20. The first-order chi connectivity index (χ1) is 7.31. The van der Waals surface area contributed by atoms with E-state index in [2.05, 4.69) is 30.6 Å². The number of thioether (sulfide) groups is 1. The number of hydrogen-bond acceptors (Lipinski definition) is 3. The maximum Gasteiger partial charge on any atom is 0.132 e. The molecule has 3 heteroatoms. The molecule has 1 rings (SSSR count). The van der Waals surface area contributed by atoms with Gasteiger partial charge < -0.3 is 10.1 Å². The summed E-state index contributed by atoms with van der Waals surface area (Å²) >= 11 is 1.72. The minimum atomic E-state index is 0.936. The number of ether oxygens (including phenoxy) is 1. The molecule has 0 aromatic heterocycles. The van der Waals surface area contributed by atoms with Gasteiger partial charge in [-0.1, -0.05) is 13.0 Å². The SMILES string of the molecule is CCCNCc1ccc(OC)c(SC)c1. The largest absolute Gasteiger partial charge is 0.496 e. The minimum Gasteiger partial charge on any atom is -0.496 e. The Morgan fingerprint density at radius 2 is 2.20 bits per heavy atom. The molecule has 0 unspecified atom stereocenters. The first kappa shape index (κ1) is 12.4. The maximum absolute atomic E-state index is 5.28. The maximum atomic E-state index is 5.28. The predicted molar refractivity (Wildman–Crippen MR) is 66.8 cm³/mol. The fourth-order valence-electron chi connectivity index (χ4n) is 1.40. The molecule has 0 bridgehead atoms. The van der Waals surface area contributed by atoms with Crippen LogP contribution in [0.25, 0.3) is 0 Å². The number of hydrogen-bond donors (Lipinski definition) is 1. The van der Waals surface area contributed by atoms with E-state index < -0.39 is 0 Å². The molecule has 0 fully saturated rings. The zero-order chi connectivity index (χ0) is 11.1. The van der Waals surface area contributed by atoms with E-state index in [1.807, 2.05) is 6.07 Å². The van der Waals surface area contributed by atoms with Crippen LogP contribution in [0.2, 0.25) is 0 Å². The molecule has 1 aromatic rings. The summed E-state index contributed by atoms with van der Waals surface area (Å²) in [6, 6.07) is 6.34. The van der Waals surface area contributed by atoms with Crippen molar-refractivity contribution in [3.05, 3.63) is 23.8 Å². The predicted octanol–water partition coefficient (Wildman–Crippen LogP) is 2.92. The van der Waals surface area contributed by atoms with Gasteiger partial charge in [-0.15, -0.1) is 11.8 Å². The molecule has 15 heavy (non-hydrogen) atoms. The molecule has 84 valence electrons. The Morgan fingerprint density at radius 1 is 1.40 bits per heavy atom. The van der Waals surface area contributed by atoms with Crippen LogP contribution in [0.3, 0.4) is 0 Å². The number of rotatable bonds is 6. The Bertz CT molecular complexity index is 302. The lowest BCUT2D eigenvalue weighted by molar-refractivity contribution is 0.404. The van der Waals surface area contributed by atoms with Crippen LogP contribution in [0.4, 0.5) is 0 Å². The number of methoxy groups -OCH3 is 1. The van der Waals surface area contributed by atoms with Gasteiger partial charge in [-0.25, -0.2) is 0 Å². The van der Waals surface area contributed by atoms with Crippen molar-refractivity contribution in [1.29, 1.82) is 0 Å². The van der Waals surface area contributed by atoms with Gasteiger partial charge in [-0.2, -0.15) is 0 Å². The monoisotopic (exact) mass is 225 g/mol. The van der Waals surface area contributed by atoms with Gasteiger partial charge in [-0.3, -0.25) is 0 Å². The van der Waals surface area contributed by atoms with Crippen molar-refractivity contribution in [2.45, 2.75) is 24.8 Å². The van der Waals surface area contributed by atoms with E-state index in [4.69, 9.17) is 4.74 Å². The summed E-state index contributed by atoms with van der Waals surface area (Å²) in [7, 11) is 1.71. The van der Waals surface area contributed by atoms with E-state index in [1.165, 1.54) is 16.9 Å². The second-order valence-corrected chi connectivity index (χ2v) is 4.21. The third kappa shape index (κ3) is 3.76. The topological polar surface area (TPSA) is 21.3 Å². The molecule has 0 saturated heterocycles. The van der Waals surface area contributed by atoms with Crippen LogP contribution in [0.1, 0.15) is 18.9 Å². The molecular formula is C12H19NOS. The summed E-state index contributed by atoms with van der Waals surface area (Å²) < 4.78 is 5.28. The fraction of sp³-hybridized carbons (Fsp3) is 0.500. The lowest BCUT2D eigenvalue weighted by Crippen LogP contribution is -2.13. The van der Waals surface area contributed by atoms with Crippen LogP contribution in [0.5, 0.6) is 5.75 Å². The molecule has 0 radical (unpaired) electrons. The van der Waals surface area contributed by atoms with Crippen LogP contribution in [-0.2, 0) is 6.54 Å².